The molecule has 3 nitrogen and oxygen atoms in total. The predicted octanol–water partition coefficient (Wildman–Crippen LogP) is 3.95. The zero-order valence-electron chi connectivity index (χ0n) is 12.7. The van der Waals surface area contributed by atoms with Crippen LogP contribution in [0.1, 0.15) is 74.6 Å². The predicted molar refractivity (Wildman–Crippen MR) is 80.9 cm³/mol. The van der Waals surface area contributed by atoms with E-state index in [2.05, 4.69) is 20.8 Å². The van der Waals surface area contributed by atoms with Crippen LogP contribution in [-0.2, 0) is 16.8 Å². The van der Waals surface area contributed by atoms with Crippen molar-refractivity contribution in [3.8, 4) is 0 Å². The maximum Gasteiger partial charge on any atom is 0.125 e. The molecule has 1 aromatic heterocycles. The molecule has 1 saturated carbocycles. The van der Waals surface area contributed by atoms with Crippen molar-refractivity contribution < 1.29 is 9.84 Å². The number of fused-ring (bicyclic) bond motifs is 1. The number of aliphatic hydroxyl groups is 1. The number of hydrogen-bond donors (Lipinski definition) is 1. The lowest BCUT2D eigenvalue weighted by Crippen LogP contribution is -2.26. The fourth-order valence-electron chi connectivity index (χ4n) is 3.73. The Morgan fingerprint density at radius 3 is 2.70 bits per heavy atom. The van der Waals surface area contributed by atoms with Crippen LogP contribution in [0.4, 0.5) is 0 Å². The summed E-state index contributed by atoms with van der Waals surface area (Å²) < 4.78 is 6.11. The maximum atomic E-state index is 10.4. The molecule has 2 aliphatic carbocycles. The molecule has 2 aliphatic rings. The van der Waals surface area contributed by atoms with Crippen molar-refractivity contribution in [3.05, 3.63) is 15.6 Å². The van der Waals surface area contributed by atoms with Crippen molar-refractivity contribution in [1.82, 2.24) is 4.98 Å². The highest BCUT2D eigenvalue weighted by Crippen LogP contribution is 2.49. The van der Waals surface area contributed by atoms with E-state index in [0.29, 0.717) is 0 Å². The molecule has 20 heavy (non-hydrogen) atoms. The Bertz CT molecular complexity index is 489. The van der Waals surface area contributed by atoms with Gasteiger partial charge in [0.2, 0.25) is 0 Å². The van der Waals surface area contributed by atoms with Crippen molar-refractivity contribution in [2.24, 2.45) is 5.41 Å². The first-order valence-corrected chi connectivity index (χ1v) is 8.59. The quantitative estimate of drug-likeness (QED) is 0.918. The topological polar surface area (TPSA) is 42.4 Å². The van der Waals surface area contributed by atoms with E-state index in [-0.39, 0.29) is 17.1 Å². The second-order valence-corrected chi connectivity index (χ2v) is 8.06. The molecular weight excluding hydrogens is 270 g/mol. The fraction of sp³-hybridized carbons (Fsp3) is 0.812. The van der Waals surface area contributed by atoms with E-state index >= 15 is 0 Å². The van der Waals surface area contributed by atoms with Gasteiger partial charge in [-0.2, -0.15) is 0 Å². The first-order valence-electron chi connectivity index (χ1n) is 7.78. The first kappa shape index (κ1) is 14.5. The van der Waals surface area contributed by atoms with Gasteiger partial charge < -0.3 is 9.84 Å². The molecule has 3 rings (SSSR count). The monoisotopic (exact) mass is 295 g/mol. The van der Waals surface area contributed by atoms with E-state index in [9.17, 15) is 5.11 Å². The van der Waals surface area contributed by atoms with Gasteiger partial charge in [-0.05, 0) is 38.0 Å². The summed E-state index contributed by atoms with van der Waals surface area (Å²) in [7, 11) is 0. The summed E-state index contributed by atoms with van der Waals surface area (Å²) in [6.45, 7) is 7.22. The SMILES string of the molecule is CCOC1(c2nc3c(s2)C(O)CC(C)(C)C3)CCCC1. The summed E-state index contributed by atoms with van der Waals surface area (Å²) in [6, 6.07) is 0. The van der Waals surface area contributed by atoms with Crippen LogP contribution in [0.5, 0.6) is 0 Å². The van der Waals surface area contributed by atoms with Crippen molar-refractivity contribution in [3.63, 3.8) is 0 Å². The molecule has 1 heterocycles. The molecule has 0 saturated heterocycles. The molecule has 0 aromatic carbocycles. The van der Waals surface area contributed by atoms with Crippen molar-refractivity contribution in [1.29, 1.82) is 0 Å². The second kappa shape index (κ2) is 5.08. The minimum atomic E-state index is -0.347. The average molecular weight is 295 g/mol. The molecule has 0 spiro atoms. The first-order chi connectivity index (χ1) is 9.46. The van der Waals surface area contributed by atoms with Crippen LogP contribution in [0.3, 0.4) is 0 Å². The Labute approximate surface area is 125 Å². The lowest BCUT2D eigenvalue weighted by Gasteiger charge is -2.31. The number of rotatable bonds is 3. The minimum Gasteiger partial charge on any atom is -0.387 e. The van der Waals surface area contributed by atoms with E-state index in [1.807, 2.05) is 0 Å². The number of ether oxygens (including phenoxy) is 1. The highest BCUT2D eigenvalue weighted by Gasteiger charge is 2.42. The number of aliphatic hydroxyl groups excluding tert-OH is 1. The maximum absolute atomic E-state index is 10.4. The van der Waals surface area contributed by atoms with E-state index in [4.69, 9.17) is 9.72 Å². The van der Waals surface area contributed by atoms with E-state index < -0.39 is 0 Å². The highest BCUT2D eigenvalue weighted by atomic mass is 32.1. The van der Waals surface area contributed by atoms with Crippen LogP contribution in [-0.4, -0.2) is 16.7 Å². The third-order valence-corrected chi connectivity index (χ3v) is 6.03. The Balaban J connectivity index is 1.96. The third-order valence-electron chi connectivity index (χ3n) is 4.64. The van der Waals surface area contributed by atoms with Crippen LogP contribution in [0.15, 0.2) is 0 Å². The molecule has 1 atom stereocenters. The number of hydrogen-bond acceptors (Lipinski definition) is 4. The molecular formula is C16H25NO2S. The minimum absolute atomic E-state index is 0.145. The van der Waals surface area contributed by atoms with Crippen LogP contribution in [0.25, 0.3) is 0 Å². The summed E-state index contributed by atoms with van der Waals surface area (Å²) in [6.07, 6.45) is 6.05. The summed E-state index contributed by atoms with van der Waals surface area (Å²) in [4.78, 5) is 5.99. The van der Waals surface area contributed by atoms with Crippen LogP contribution in [0, 0.1) is 5.41 Å². The summed E-state index contributed by atoms with van der Waals surface area (Å²) >= 11 is 1.69. The van der Waals surface area contributed by atoms with Gasteiger partial charge in [0, 0.05) is 6.61 Å². The van der Waals surface area contributed by atoms with Crippen LogP contribution in [0.2, 0.25) is 0 Å². The second-order valence-electron chi connectivity index (χ2n) is 7.03. The van der Waals surface area contributed by atoms with Crippen molar-refractivity contribution >= 4 is 11.3 Å². The Morgan fingerprint density at radius 1 is 1.35 bits per heavy atom. The van der Waals surface area contributed by atoms with Gasteiger partial charge in [-0.25, -0.2) is 4.98 Å². The summed E-state index contributed by atoms with van der Waals surface area (Å²) in [5, 5.41) is 11.5. The van der Waals surface area contributed by atoms with E-state index in [1.54, 1.807) is 11.3 Å². The Morgan fingerprint density at radius 2 is 2.05 bits per heavy atom. The smallest absolute Gasteiger partial charge is 0.125 e. The molecule has 4 heteroatoms. The van der Waals surface area contributed by atoms with Crippen LogP contribution >= 0.6 is 11.3 Å². The van der Waals surface area contributed by atoms with Gasteiger partial charge in [-0.3, -0.25) is 0 Å². The largest absolute Gasteiger partial charge is 0.387 e. The molecule has 0 aliphatic heterocycles. The van der Waals surface area contributed by atoms with Gasteiger partial charge in [0.05, 0.1) is 16.7 Å². The van der Waals surface area contributed by atoms with Crippen molar-refractivity contribution in [2.75, 3.05) is 6.61 Å². The third kappa shape index (κ3) is 2.42. The van der Waals surface area contributed by atoms with Gasteiger partial charge in [-0.15, -0.1) is 11.3 Å². The Kier molecular flexibility index (Phi) is 3.68. The van der Waals surface area contributed by atoms with Gasteiger partial charge >= 0.3 is 0 Å². The van der Waals surface area contributed by atoms with Gasteiger partial charge in [0.25, 0.3) is 0 Å². The highest BCUT2D eigenvalue weighted by molar-refractivity contribution is 7.12. The number of nitrogens with zero attached hydrogens (tertiary/aromatic N) is 1. The zero-order valence-corrected chi connectivity index (χ0v) is 13.6. The van der Waals surface area contributed by atoms with E-state index in [1.165, 1.54) is 12.8 Å². The summed E-state index contributed by atoms with van der Waals surface area (Å²) in [5.74, 6) is 0. The van der Waals surface area contributed by atoms with Crippen LogP contribution < -0.4 is 0 Å². The standard InChI is InChI=1S/C16H25NO2S/c1-4-19-16(7-5-6-8-16)14-17-11-9-15(2,3)10-12(18)13(11)20-14/h12,18H,4-10H2,1-3H3. The zero-order chi connectivity index (χ0) is 14.4. The molecule has 0 amide bonds. The molecule has 1 N–H and O–H groups in total. The lowest BCUT2D eigenvalue weighted by molar-refractivity contribution is -0.0392. The lowest BCUT2D eigenvalue weighted by atomic mass is 9.77. The average Bonchev–Trinajstić information content (AvgIpc) is 2.95. The molecule has 0 radical (unpaired) electrons. The molecule has 1 fully saturated rings. The van der Waals surface area contributed by atoms with Gasteiger partial charge in [-0.1, -0.05) is 26.7 Å². The molecule has 1 aromatic rings. The van der Waals surface area contributed by atoms with Gasteiger partial charge in [0.15, 0.2) is 0 Å². The van der Waals surface area contributed by atoms with Crippen molar-refractivity contribution in [2.45, 2.75) is 71.0 Å². The fourth-order valence-corrected chi connectivity index (χ4v) is 5.00. The number of thiazole rings is 1. The Hall–Kier alpha value is -0.450. The van der Waals surface area contributed by atoms with Gasteiger partial charge in [0.1, 0.15) is 10.6 Å². The number of aromatic nitrogens is 1. The normalized spacial score (nSPS) is 27.5. The molecule has 0 bridgehead atoms. The summed E-state index contributed by atoms with van der Waals surface area (Å²) in [5.41, 5.74) is 1.09. The van der Waals surface area contributed by atoms with E-state index in [0.717, 1.165) is 47.9 Å². The molecule has 1 unspecified atom stereocenters. The molecule has 112 valence electrons.